The van der Waals surface area contributed by atoms with Crippen LogP contribution in [0.25, 0.3) is 0 Å². The van der Waals surface area contributed by atoms with E-state index in [1.165, 1.54) is 25.7 Å². The van der Waals surface area contributed by atoms with Crippen LogP contribution >= 0.6 is 0 Å². The molecule has 0 amide bonds. The summed E-state index contributed by atoms with van der Waals surface area (Å²) in [5.41, 5.74) is 0.543. The molecule has 0 saturated carbocycles. The molecule has 0 bridgehead atoms. The van der Waals surface area contributed by atoms with Gasteiger partial charge in [-0.2, -0.15) is 0 Å². The Morgan fingerprint density at radius 1 is 1.11 bits per heavy atom. The fraction of sp³-hybridized carbons (Fsp3) is 1.00. The van der Waals surface area contributed by atoms with Gasteiger partial charge in [0.15, 0.2) is 0 Å². The molecule has 0 aromatic carbocycles. The second kappa shape index (κ2) is 7.61. The Morgan fingerprint density at radius 2 is 1.84 bits per heavy atom. The van der Waals surface area contributed by atoms with Gasteiger partial charge in [0.1, 0.15) is 0 Å². The van der Waals surface area contributed by atoms with Crippen LogP contribution in [0.15, 0.2) is 0 Å². The van der Waals surface area contributed by atoms with Gasteiger partial charge in [0.05, 0.1) is 6.61 Å². The van der Waals surface area contributed by atoms with Gasteiger partial charge in [-0.25, -0.2) is 0 Å². The Bertz CT molecular complexity index is 259. The van der Waals surface area contributed by atoms with E-state index in [9.17, 15) is 0 Å². The summed E-state index contributed by atoms with van der Waals surface area (Å²) in [5, 5.41) is 3.74. The molecule has 0 spiro atoms. The highest BCUT2D eigenvalue weighted by atomic mass is 16.5. The van der Waals surface area contributed by atoms with E-state index in [0.29, 0.717) is 0 Å². The first-order valence-corrected chi connectivity index (χ1v) is 8.07. The van der Waals surface area contributed by atoms with Crippen molar-refractivity contribution in [2.24, 2.45) is 0 Å². The lowest BCUT2D eigenvalue weighted by Crippen LogP contribution is -2.68. The lowest BCUT2D eigenvalue weighted by Gasteiger charge is -2.52. The second-order valence-electron chi connectivity index (χ2n) is 6.51. The number of rotatable bonds is 8. The average molecular weight is 270 g/mol. The van der Waals surface area contributed by atoms with Crippen LogP contribution in [0.3, 0.4) is 0 Å². The van der Waals surface area contributed by atoms with Gasteiger partial charge in [0.25, 0.3) is 0 Å². The Balaban J connectivity index is 2.48. The van der Waals surface area contributed by atoms with Crippen molar-refractivity contribution in [3.63, 3.8) is 0 Å². The zero-order chi connectivity index (χ0) is 14.4. The molecule has 1 saturated heterocycles. The highest BCUT2D eigenvalue weighted by Gasteiger charge is 2.40. The Labute approximate surface area is 120 Å². The summed E-state index contributed by atoms with van der Waals surface area (Å²) >= 11 is 0. The maximum atomic E-state index is 5.75. The molecule has 114 valence electrons. The van der Waals surface area contributed by atoms with Crippen molar-refractivity contribution in [2.75, 3.05) is 32.8 Å². The highest BCUT2D eigenvalue weighted by Crippen LogP contribution is 2.27. The molecule has 0 aliphatic carbocycles. The van der Waals surface area contributed by atoms with Crippen molar-refractivity contribution in [2.45, 2.75) is 71.4 Å². The van der Waals surface area contributed by atoms with Crippen molar-refractivity contribution in [1.29, 1.82) is 0 Å². The van der Waals surface area contributed by atoms with E-state index in [1.54, 1.807) is 0 Å². The minimum absolute atomic E-state index is 0.262. The topological polar surface area (TPSA) is 24.5 Å². The van der Waals surface area contributed by atoms with Gasteiger partial charge in [-0.15, -0.1) is 0 Å². The predicted molar refractivity (Wildman–Crippen MR) is 82.7 cm³/mol. The Morgan fingerprint density at radius 3 is 2.42 bits per heavy atom. The third-order valence-corrected chi connectivity index (χ3v) is 4.89. The van der Waals surface area contributed by atoms with Gasteiger partial charge in [-0.05, 0) is 33.1 Å². The van der Waals surface area contributed by atoms with E-state index in [0.717, 1.165) is 32.8 Å². The lowest BCUT2D eigenvalue weighted by atomic mass is 9.86. The Kier molecular flexibility index (Phi) is 6.78. The van der Waals surface area contributed by atoms with Crippen LogP contribution in [0.2, 0.25) is 0 Å². The van der Waals surface area contributed by atoms with E-state index >= 15 is 0 Å². The van der Waals surface area contributed by atoms with Crippen molar-refractivity contribution in [1.82, 2.24) is 10.2 Å². The molecule has 0 aromatic heterocycles. The summed E-state index contributed by atoms with van der Waals surface area (Å²) in [4.78, 5) is 2.64. The third-order valence-electron chi connectivity index (χ3n) is 4.89. The molecule has 1 aliphatic rings. The molecule has 1 aliphatic heterocycles. The summed E-state index contributed by atoms with van der Waals surface area (Å²) in [5.74, 6) is 0. The zero-order valence-corrected chi connectivity index (χ0v) is 13.7. The molecule has 3 heteroatoms. The smallest absolute Gasteiger partial charge is 0.0593 e. The van der Waals surface area contributed by atoms with Crippen molar-refractivity contribution < 1.29 is 4.74 Å². The lowest BCUT2D eigenvalue weighted by molar-refractivity contribution is -0.00600. The number of nitrogens with zero attached hydrogens (tertiary/aromatic N) is 1. The van der Waals surface area contributed by atoms with Gasteiger partial charge in [0, 0.05) is 37.3 Å². The minimum Gasteiger partial charge on any atom is -0.380 e. The van der Waals surface area contributed by atoms with E-state index in [2.05, 4.69) is 44.8 Å². The molecular weight excluding hydrogens is 236 g/mol. The van der Waals surface area contributed by atoms with Crippen molar-refractivity contribution in [3.8, 4) is 0 Å². The van der Waals surface area contributed by atoms with Crippen LogP contribution < -0.4 is 5.32 Å². The molecule has 0 radical (unpaired) electrons. The van der Waals surface area contributed by atoms with E-state index < -0.39 is 0 Å². The number of hydrogen-bond acceptors (Lipinski definition) is 3. The van der Waals surface area contributed by atoms with Crippen LogP contribution in [0.5, 0.6) is 0 Å². The maximum Gasteiger partial charge on any atom is 0.0593 e. The monoisotopic (exact) mass is 270 g/mol. The van der Waals surface area contributed by atoms with E-state index in [-0.39, 0.29) is 11.1 Å². The summed E-state index contributed by atoms with van der Waals surface area (Å²) < 4.78 is 5.75. The van der Waals surface area contributed by atoms with Crippen molar-refractivity contribution >= 4 is 0 Å². The van der Waals surface area contributed by atoms with Crippen LogP contribution in [-0.2, 0) is 4.74 Å². The summed E-state index contributed by atoms with van der Waals surface area (Å²) in [6, 6.07) is 0. The van der Waals surface area contributed by atoms with Crippen LogP contribution in [0, 0.1) is 0 Å². The summed E-state index contributed by atoms with van der Waals surface area (Å²) in [6.07, 6.45) is 4.77. The predicted octanol–water partition coefficient (Wildman–Crippen LogP) is 3.05. The first-order chi connectivity index (χ1) is 8.99. The normalized spacial score (nSPS) is 32.7. The quantitative estimate of drug-likeness (QED) is 0.686. The maximum absolute atomic E-state index is 5.75. The Hall–Kier alpha value is -0.120. The fourth-order valence-corrected chi connectivity index (χ4v) is 2.64. The van der Waals surface area contributed by atoms with Gasteiger partial charge in [-0.3, -0.25) is 4.90 Å². The zero-order valence-electron chi connectivity index (χ0n) is 13.7. The largest absolute Gasteiger partial charge is 0.380 e. The molecule has 1 fully saturated rings. The van der Waals surface area contributed by atoms with Crippen LogP contribution in [0.4, 0.5) is 0 Å². The van der Waals surface area contributed by atoms with Crippen LogP contribution in [0.1, 0.15) is 60.3 Å². The molecule has 0 aromatic rings. The molecule has 1 N–H and O–H groups in total. The molecule has 1 heterocycles. The van der Waals surface area contributed by atoms with Crippen LogP contribution in [-0.4, -0.2) is 48.8 Å². The fourth-order valence-electron chi connectivity index (χ4n) is 2.64. The first kappa shape index (κ1) is 16.9. The third kappa shape index (κ3) is 4.73. The van der Waals surface area contributed by atoms with Gasteiger partial charge >= 0.3 is 0 Å². The van der Waals surface area contributed by atoms with E-state index in [4.69, 9.17) is 4.74 Å². The first-order valence-electron chi connectivity index (χ1n) is 8.07. The number of hydrogen-bond donors (Lipinski definition) is 1. The van der Waals surface area contributed by atoms with Gasteiger partial charge in [0.2, 0.25) is 0 Å². The average Bonchev–Trinajstić information content (AvgIpc) is 2.43. The van der Waals surface area contributed by atoms with Crippen molar-refractivity contribution in [3.05, 3.63) is 0 Å². The number of nitrogens with one attached hydrogen (secondary N) is 1. The number of unbranched alkanes of at least 4 members (excludes halogenated alkanes) is 1. The number of piperazine rings is 1. The highest BCUT2D eigenvalue weighted by molar-refractivity contribution is 5.00. The minimum atomic E-state index is 0.262. The standard InChI is InChI=1S/C16H34N2O/c1-6-9-11-19-12-10-18-14-15(4,7-2)17-13-16(18,5)8-3/h17H,6-14H2,1-5H3. The molecule has 19 heavy (non-hydrogen) atoms. The summed E-state index contributed by atoms with van der Waals surface area (Å²) in [7, 11) is 0. The summed E-state index contributed by atoms with van der Waals surface area (Å²) in [6.45, 7) is 16.6. The molecule has 3 nitrogen and oxygen atoms in total. The van der Waals surface area contributed by atoms with Gasteiger partial charge < -0.3 is 10.1 Å². The SMILES string of the molecule is CCCCOCCN1CC(C)(CC)NCC1(C)CC. The second-order valence-corrected chi connectivity index (χ2v) is 6.51. The van der Waals surface area contributed by atoms with E-state index in [1.807, 2.05) is 0 Å². The molecule has 2 unspecified atom stereocenters. The molecule has 1 rings (SSSR count). The van der Waals surface area contributed by atoms with Gasteiger partial charge in [-0.1, -0.05) is 27.2 Å². The molecule has 2 atom stereocenters. The number of ether oxygens (including phenoxy) is 1. The molecular formula is C16H34N2O.